The maximum absolute atomic E-state index is 9.35. The molecule has 0 amide bonds. The molecule has 0 spiro atoms. The van der Waals surface area contributed by atoms with Gasteiger partial charge in [-0.05, 0) is 30.7 Å². The summed E-state index contributed by atoms with van der Waals surface area (Å²) in [5.74, 6) is 0. The van der Waals surface area contributed by atoms with Gasteiger partial charge in [-0.3, -0.25) is 0 Å². The fourth-order valence-corrected chi connectivity index (χ4v) is 2.89. The topological polar surface area (TPSA) is 32.3 Å². The van der Waals surface area contributed by atoms with Gasteiger partial charge in [-0.15, -0.1) is 11.3 Å². The highest BCUT2D eigenvalue weighted by Crippen LogP contribution is 2.23. The van der Waals surface area contributed by atoms with E-state index in [2.05, 4.69) is 5.32 Å². The van der Waals surface area contributed by atoms with Crippen LogP contribution < -0.4 is 5.32 Å². The van der Waals surface area contributed by atoms with Gasteiger partial charge in [0.15, 0.2) is 0 Å². The monoisotopic (exact) mass is 231 g/mol. The minimum atomic E-state index is -0.105. The van der Waals surface area contributed by atoms with Crippen LogP contribution in [0.2, 0.25) is 5.02 Å². The highest BCUT2D eigenvalue weighted by molar-refractivity contribution is 7.10. The summed E-state index contributed by atoms with van der Waals surface area (Å²) in [4.78, 5) is 1.19. The van der Waals surface area contributed by atoms with Crippen molar-refractivity contribution in [3.63, 3.8) is 0 Å². The smallest absolute Gasteiger partial charge is 0.0558 e. The fourth-order valence-electron chi connectivity index (χ4n) is 1.83. The van der Waals surface area contributed by atoms with Crippen LogP contribution in [-0.4, -0.2) is 17.3 Å². The van der Waals surface area contributed by atoms with Gasteiger partial charge in [-0.25, -0.2) is 0 Å². The molecule has 1 aliphatic carbocycles. The molecule has 2 N–H and O–H groups in total. The quantitative estimate of drug-likeness (QED) is 0.838. The molecule has 1 saturated carbocycles. The van der Waals surface area contributed by atoms with Crippen LogP contribution in [0.1, 0.15) is 24.1 Å². The Morgan fingerprint density at radius 2 is 2.43 bits per heavy atom. The van der Waals surface area contributed by atoms with E-state index in [1.165, 1.54) is 4.88 Å². The minimum Gasteiger partial charge on any atom is -0.393 e. The van der Waals surface area contributed by atoms with Gasteiger partial charge in [-0.2, -0.15) is 0 Å². The Bertz CT molecular complexity index is 302. The largest absolute Gasteiger partial charge is 0.393 e. The second-order valence-corrected chi connectivity index (χ2v) is 5.14. The summed E-state index contributed by atoms with van der Waals surface area (Å²) >= 11 is 7.65. The van der Waals surface area contributed by atoms with Crippen molar-refractivity contribution in [1.82, 2.24) is 5.32 Å². The Morgan fingerprint density at radius 1 is 1.57 bits per heavy atom. The van der Waals surface area contributed by atoms with Crippen molar-refractivity contribution in [1.29, 1.82) is 0 Å². The number of aliphatic hydroxyl groups excluding tert-OH is 1. The number of aliphatic hydroxyl groups is 1. The highest BCUT2D eigenvalue weighted by atomic mass is 35.5. The van der Waals surface area contributed by atoms with E-state index < -0.39 is 0 Å². The van der Waals surface area contributed by atoms with E-state index in [9.17, 15) is 5.11 Å². The van der Waals surface area contributed by atoms with E-state index in [4.69, 9.17) is 11.6 Å². The van der Waals surface area contributed by atoms with E-state index in [1.54, 1.807) is 11.3 Å². The summed E-state index contributed by atoms with van der Waals surface area (Å²) < 4.78 is 0. The lowest BCUT2D eigenvalue weighted by molar-refractivity contribution is 0.179. The minimum absolute atomic E-state index is 0.105. The van der Waals surface area contributed by atoms with Gasteiger partial charge < -0.3 is 10.4 Å². The third-order valence-electron chi connectivity index (χ3n) is 2.65. The second kappa shape index (κ2) is 4.62. The van der Waals surface area contributed by atoms with Crippen molar-refractivity contribution >= 4 is 22.9 Å². The average molecular weight is 232 g/mol. The second-order valence-electron chi connectivity index (χ2n) is 3.74. The first-order valence-corrected chi connectivity index (χ1v) is 6.15. The number of hydrogen-bond acceptors (Lipinski definition) is 3. The summed E-state index contributed by atoms with van der Waals surface area (Å²) in [6.07, 6.45) is 2.77. The first-order chi connectivity index (χ1) is 6.75. The fraction of sp³-hybridized carbons (Fsp3) is 0.600. The maximum atomic E-state index is 9.35. The van der Waals surface area contributed by atoms with E-state index >= 15 is 0 Å². The molecule has 1 aliphatic rings. The number of thiophene rings is 1. The predicted octanol–water partition coefficient (Wildman–Crippen LogP) is 2.40. The molecule has 78 valence electrons. The van der Waals surface area contributed by atoms with Crippen molar-refractivity contribution in [2.75, 3.05) is 0 Å². The number of rotatable bonds is 3. The van der Waals surface area contributed by atoms with Gasteiger partial charge in [0.05, 0.1) is 11.1 Å². The Morgan fingerprint density at radius 3 is 3.00 bits per heavy atom. The third kappa shape index (κ3) is 2.48. The van der Waals surface area contributed by atoms with E-state index in [1.807, 2.05) is 11.4 Å². The zero-order chi connectivity index (χ0) is 9.97. The molecule has 2 nitrogen and oxygen atoms in total. The lowest BCUT2D eigenvalue weighted by atomic mass is 10.2. The molecule has 0 aliphatic heterocycles. The summed E-state index contributed by atoms with van der Waals surface area (Å²) in [5, 5.41) is 15.6. The molecule has 0 aromatic carbocycles. The standard InChI is InChI=1S/C10H14ClNOS/c11-9-3-4-14-10(9)6-12-7-1-2-8(13)5-7/h3-4,7-8,12-13H,1-2,5-6H2/t7-,8+/m0/s1. The van der Waals surface area contributed by atoms with Crippen molar-refractivity contribution < 1.29 is 5.11 Å². The first kappa shape index (κ1) is 10.4. The van der Waals surface area contributed by atoms with Crippen molar-refractivity contribution in [2.24, 2.45) is 0 Å². The summed E-state index contributed by atoms with van der Waals surface area (Å²) in [6.45, 7) is 0.827. The summed E-state index contributed by atoms with van der Waals surface area (Å²) in [5.41, 5.74) is 0. The van der Waals surface area contributed by atoms with Gasteiger partial charge in [0, 0.05) is 17.5 Å². The third-order valence-corrected chi connectivity index (χ3v) is 4.03. The van der Waals surface area contributed by atoms with Crippen LogP contribution in [0, 0.1) is 0 Å². The van der Waals surface area contributed by atoms with Crippen molar-refractivity contribution in [3.05, 3.63) is 21.3 Å². The van der Waals surface area contributed by atoms with Gasteiger partial charge in [0.1, 0.15) is 0 Å². The Hall–Kier alpha value is -0.0900. The van der Waals surface area contributed by atoms with E-state index in [0.717, 1.165) is 30.8 Å². The Labute approximate surface area is 92.9 Å². The van der Waals surface area contributed by atoms with E-state index in [0.29, 0.717) is 6.04 Å². The Kier molecular flexibility index (Phi) is 3.44. The molecule has 4 heteroatoms. The van der Waals surface area contributed by atoms with Crippen LogP contribution in [0.5, 0.6) is 0 Å². The molecule has 2 rings (SSSR count). The molecule has 14 heavy (non-hydrogen) atoms. The molecule has 1 fully saturated rings. The SMILES string of the molecule is O[C@@H]1CC[C@H](NCc2sccc2Cl)C1. The molecule has 1 aromatic heterocycles. The van der Waals surface area contributed by atoms with Crippen molar-refractivity contribution in [2.45, 2.75) is 38.0 Å². The zero-order valence-corrected chi connectivity index (χ0v) is 9.44. The van der Waals surface area contributed by atoms with Gasteiger partial charge in [0.25, 0.3) is 0 Å². The predicted molar refractivity (Wildman–Crippen MR) is 59.8 cm³/mol. The van der Waals surface area contributed by atoms with Crippen LogP contribution in [0.25, 0.3) is 0 Å². The molecule has 0 saturated heterocycles. The van der Waals surface area contributed by atoms with E-state index in [-0.39, 0.29) is 6.10 Å². The maximum Gasteiger partial charge on any atom is 0.0558 e. The molecule has 1 heterocycles. The van der Waals surface area contributed by atoms with Crippen LogP contribution in [0.3, 0.4) is 0 Å². The van der Waals surface area contributed by atoms with Crippen LogP contribution in [0.4, 0.5) is 0 Å². The molecule has 2 atom stereocenters. The normalized spacial score (nSPS) is 27.0. The molecule has 1 aromatic rings. The van der Waals surface area contributed by atoms with Gasteiger partial charge >= 0.3 is 0 Å². The summed E-state index contributed by atoms with van der Waals surface area (Å²) in [6, 6.07) is 2.38. The lowest BCUT2D eigenvalue weighted by Gasteiger charge is -2.10. The lowest BCUT2D eigenvalue weighted by Crippen LogP contribution is -2.26. The van der Waals surface area contributed by atoms with Crippen LogP contribution >= 0.6 is 22.9 Å². The number of halogens is 1. The van der Waals surface area contributed by atoms with Gasteiger partial charge in [-0.1, -0.05) is 11.6 Å². The molecule has 0 unspecified atom stereocenters. The molecule has 0 bridgehead atoms. The number of hydrogen-bond donors (Lipinski definition) is 2. The molecular weight excluding hydrogens is 218 g/mol. The average Bonchev–Trinajstić information content (AvgIpc) is 2.72. The number of nitrogens with one attached hydrogen (secondary N) is 1. The Balaban J connectivity index is 1.80. The van der Waals surface area contributed by atoms with Crippen LogP contribution in [-0.2, 0) is 6.54 Å². The highest BCUT2D eigenvalue weighted by Gasteiger charge is 2.22. The zero-order valence-electron chi connectivity index (χ0n) is 7.87. The molecular formula is C10H14ClNOS. The van der Waals surface area contributed by atoms with Crippen molar-refractivity contribution in [3.8, 4) is 0 Å². The van der Waals surface area contributed by atoms with Gasteiger partial charge in [0.2, 0.25) is 0 Å². The summed E-state index contributed by atoms with van der Waals surface area (Å²) in [7, 11) is 0. The van der Waals surface area contributed by atoms with Crippen LogP contribution in [0.15, 0.2) is 11.4 Å². The first-order valence-electron chi connectivity index (χ1n) is 4.89. The molecule has 0 radical (unpaired) electrons.